The molecule has 5 rings (SSSR count). The van der Waals surface area contributed by atoms with Gasteiger partial charge in [0.15, 0.2) is 6.61 Å². The van der Waals surface area contributed by atoms with Crippen LogP contribution in [0.15, 0.2) is 84.9 Å². The Morgan fingerprint density at radius 1 is 1.03 bits per heavy atom. The van der Waals surface area contributed by atoms with Crippen molar-refractivity contribution >= 4 is 16.7 Å². The third-order valence-electron chi connectivity index (χ3n) is 6.57. The van der Waals surface area contributed by atoms with E-state index >= 15 is 0 Å². The summed E-state index contributed by atoms with van der Waals surface area (Å²) in [6, 6.07) is 27.0. The van der Waals surface area contributed by atoms with E-state index in [1.54, 1.807) is 6.07 Å². The molecule has 0 aliphatic carbocycles. The molecule has 1 aliphatic heterocycles. The maximum absolute atomic E-state index is 14.4. The summed E-state index contributed by atoms with van der Waals surface area (Å²) in [6.07, 6.45) is 1.48. The topological polar surface area (TPSA) is 67.8 Å². The van der Waals surface area contributed by atoms with Crippen LogP contribution in [0, 0.1) is 5.82 Å². The zero-order valence-electron chi connectivity index (χ0n) is 19.8. The molecular formula is C30H28FNO4. The molecule has 2 atom stereocenters. The van der Waals surface area contributed by atoms with Crippen molar-refractivity contribution in [1.29, 1.82) is 0 Å². The monoisotopic (exact) mass is 485 g/mol. The van der Waals surface area contributed by atoms with Gasteiger partial charge in [-0.05, 0) is 59.5 Å². The molecule has 0 amide bonds. The Balaban J connectivity index is 1.28. The fourth-order valence-electron chi connectivity index (χ4n) is 4.94. The van der Waals surface area contributed by atoms with E-state index in [9.17, 15) is 9.18 Å². The van der Waals surface area contributed by atoms with Crippen LogP contribution in [0.5, 0.6) is 11.5 Å². The predicted molar refractivity (Wildman–Crippen MR) is 137 cm³/mol. The van der Waals surface area contributed by atoms with E-state index in [1.807, 2.05) is 24.3 Å². The molecule has 0 unspecified atom stereocenters. The summed E-state index contributed by atoms with van der Waals surface area (Å²) in [5, 5.41) is 15.0. The lowest BCUT2D eigenvalue weighted by molar-refractivity contribution is -0.139. The minimum Gasteiger partial charge on any atom is -0.489 e. The molecule has 0 aromatic heterocycles. The fraction of sp³-hybridized carbons (Fsp3) is 0.233. The van der Waals surface area contributed by atoms with Gasteiger partial charge in [-0.15, -0.1) is 0 Å². The summed E-state index contributed by atoms with van der Waals surface area (Å²) >= 11 is 0. The number of hydrogen-bond donors (Lipinski definition) is 2. The zero-order chi connectivity index (χ0) is 24.9. The number of para-hydroxylation sites is 1. The minimum absolute atomic E-state index is 0.0935. The SMILES string of the molecule is O=C(O)COc1cc(F)cc([C@H]2C[C@H](CNCCc3cccc4ccccc34)Oc3ccccc32)c1. The fourth-order valence-corrected chi connectivity index (χ4v) is 4.94. The van der Waals surface area contributed by atoms with Crippen molar-refractivity contribution in [2.75, 3.05) is 19.7 Å². The van der Waals surface area contributed by atoms with Crippen LogP contribution in [0.1, 0.15) is 29.0 Å². The Bertz CT molecular complexity index is 1370. The van der Waals surface area contributed by atoms with E-state index in [1.165, 1.54) is 28.5 Å². The molecule has 5 nitrogen and oxygen atoms in total. The zero-order valence-corrected chi connectivity index (χ0v) is 19.8. The number of ether oxygens (including phenoxy) is 2. The molecule has 1 heterocycles. The van der Waals surface area contributed by atoms with Gasteiger partial charge in [0.1, 0.15) is 23.4 Å². The molecule has 36 heavy (non-hydrogen) atoms. The molecule has 0 radical (unpaired) electrons. The summed E-state index contributed by atoms with van der Waals surface area (Å²) in [5.41, 5.74) is 3.04. The second-order valence-corrected chi connectivity index (χ2v) is 9.06. The van der Waals surface area contributed by atoms with Gasteiger partial charge in [-0.2, -0.15) is 0 Å². The second kappa shape index (κ2) is 10.8. The van der Waals surface area contributed by atoms with Crippen LogP contribution in [-0.4, -0.2) is 36.9 Å². The number of benzene rings is 4. The number of nitrogens with one attached hydrogen (secondary N) is 1. The number of hydrogen-bond acceptors (Lipinski definition) is 4. The highest BCUT2D eigenvalue weighted by molar-refractivity contribution is 5.85. The molecular weight excluding hydrogens is 457 g/mol. The molecule has 6 heteroatoms. The van der Waals surface area contributed by atoms with Crippen molar-refractivity contribution in [2.24, 2.45) is 0 Å². The van der Waals surface area contributed by atoms with Crippen LogP contribution in [0.2, 0.25) is 0 Å². The van der Waals surface area contributed by atoms with E-state index < -0.39 is 18.4 Å². The number of carbonyl (C=O) groups is 1. The average molecular weight is 486 g/mol. The molecule has 0 bridgehead atoms. The van der Waals surface area contributed by atoms with Crippen molar-refractivity contribution in [3.63, 3.8) is 0 Å². The highest BCUT2D eigenvalue weighted by Crippen LogP contribution is 2.41. The number of fused-ring (bicyclic) bond motifs is 2. The number of aliphatic carboxylic acids is 1. The van der Waals surface area contributed by atoms with Gasteiger partial charge in [0.2, 0.25) is 0 Å². The maximum atomic E-state index is 14.4. The van der Waals surface area contributed by atoms with Gasteiger partial charge in [0.05, 0.1) is 0 Å². The largest absolute Gasteiger partial charge is 0.489 e. The van der Waals surface area contributed by atoms with Gasteiger partial charge in [-0.25, -0.2) is 9.18 Å². The number of halogens is 1. The number of carboxylic acids is 1. The van der Waals surface area contributed by atoms with Gasteiger partial charge in [-0.3, -0.25) is 0 Å². The first kappa shape index (κ1) is 23.8. The first-order valence-electron chi connectivity index (χ1n) is 12.1. The molecule has 4 aromatic carbocycles. The third kappa shape index (κ3) is 5.50. The molecule has 184 valence electrons. The predicted octanol–water partition coefficient (Wildman–Crippen LogP) is 5.56. The first-order valence-corrected chi connectivity index (χ1v) is 12.1. The van der Waals surface area contributed by atoms with Crippen molar-refractivity contribution in [3.8, 4) is 11.5 Å². The summed E-state index contributed by atoms with van der Waals surface area (Å²) in [7, 11) is 0. The van der Waals surface area contributed by atoms with Gasteiger partial charge < -0.3 is 19.9 Å². The Morgan fingerprint density at radius 3 is 2.72 bits per heavy atom. The van der Waals surface area contributed by atoms with E-state index in [4.69, 9.17) is 14.6 Å². The Labute approximate surface area is 209 Å². The van der Waals surface area contributed by atoms with Gasteiger partial charge in [0.25, 0.3) is 0 Å². The smallest absolute Gasteiger partial charge is 0.341 e. The van der Waals surface area contributed by atoms with E-state index in [0.29, 0.717) is 13.0 Å². The molecule has 0 saturated heterocycles. The van der Waals surface area contributed by atoms with Crippen molar-refractivity contribution in [2.45, 2.75) is 24.9 Å². The van der Waals surface area contributed by atoms with Gasteiger partial charge >= 0.3 is 5.97 Å². The third-order valence-corrected chi connectivity index (χ3v) is 6.57. The van der Waals surface area contributed by atoms with Crippen LogP contribution >= 0.6 is 0 Å². The van der Waals surface area contributed by atoms with Crippen molar-refractivity contribution < 1.29 is 23.8 Å². The quantitative estimate of drug-likeness (QED) is 0.304. The van der Waals surface area contributed by atoms with Gasteiger partial charge in [-0.1, -0.05) is 60.7 Å². The second-order valence-electron chi connectivity index (χ2n) is 9.06. The Hall–Kier alpha value is -3.90. The normalized spacial score (nSPS) is 16.8. The highest BCUT2D eigenvalue weighted by Gasteiger charge is 2.29. The van der Waals surface area contributed by atoms with Crippen molar-refractivity contribution in [3.05, 3.63) is 107 Å². The molecule has 4 aromatic rings. The Kier molecular flexibility index (Phi) is 7.14. The Morgan fingerprint density at radius 2 is 1.83 bits per heavy atom. The van der Waals surface area contributed by atoms with E-state index in [0.717, 1.165) is 29.8 Å². The average Bonchev–Trinajstić information content (AvgIpc) is 2.89. The number of carboxylic acid groups (broad SMARTS) is 1. The van der Waals surface area contributed by atoms with Crippen LogP contribution in [0.3, 0.4) is 0 Å². The van der Waals surface area contributed by atoms with E-state index in [-0.39, 0.29) is 17.8 Å². The van der Waals surface area contributed by atoms with Gasteiger partial charge in [0, 0.05) is 24.1 Å². The lowest BCUT2D eigenvalue weighted by Crippen LogP contribution is -2.36. The minimum atomic E-state index is -1.10. The first-order chi connectivity index (χ1) is 17.6. The maximum Gasteiger partial charge on any atom is 0.341 e. The number of rotatable bonds is 9. The summed E-state index contributed by atoms with van der Waals surface area (Å²) in [5.74, 6) is -0.663. The van der Waals surface area contributed by atoms with Crippen molar-refractivity contribution in [1.82, 2.24) is 5.32 Å². The highest BCUT2D eigenvalue weighted by atomic mass is 19.1. The molecule has 1 aliphatic rings. The van der Waals surface area contributed by atoms with Crippen LogP contribution in [-0.2, 0) is 11.2 Å². The van der Waals surface area contributed by atoms with Crippen LogP contribution < -0.4 is 14.8 Å². The summed E-state index contributed by atoms with van der Waals surface area (Å²) in [4.78, 5) is 10.9. The van der Waals surface area contributed by atoms with Crippen LogP contribution in [0.4, 0.5) is 4.39 Å². The summed E-state index contributed by atoms with van der Waals surface area (Å²) < 4.78 is 26.0. The summed E-state index contributed by atoms with van der Waals surface area (Å²) in [6.45, 7) is 0.955. The molecule has 0 saturated carbocycles. The lowest BCUT2D eigenvalue weighted by atomic mass is 9.84. The lowest BCUT2D eigenvalue weighted by Gasteiger charge is -2.33. The molecule has 2 N–H and O–H groups in total. The molecule has 0 spiro atoms. The standard InChI is InChI=1S/C30H28FNO4/c31-23-14-22(15-24(16-23)35-19-30(33)34)28-17-25(36-29-11-4-3-10-27(28)29)18-32-13-12-21-8-5-7-20-6-1-2-9-26(20)21/h1-11,14-16,25,28,32H,12-13,17-19H2,(H,33,34)/t25-,28-/m1/s1. The van der Waals surface area contributed by atoms with E-state index in [2.05, 4.69) is 47.8 Å². The van der Waals surface area contributed by atoms with Crippen LogP contribution in [0.25, 0.3) is 10.8 Å². The molecule has 0 fully saturated rings.